The van der Waals surface area contributed by atoms with Gasteiger partial charge >= 0.3 is 0 Å². The van der Waals surface area contributed by atoms with Crippen molar-refractivity contribution in [3.63, 3.8) is 0 Å². The van der Waals surface area contributed by atoms with Crippen molar-refractivity contribution in [1.29, 1.82) is 0 Å². The first-order chi connectivity index (χ1) is 27.7. The number of nitrogens with zero attached hydrogens (tertiary/aromatic N) is 5. The average molecular weight is 716 g/mol. The summed E-state index contributed by atoms with van der Waals surface area (Å²) in [7, 11) is 0. The van der Waals surface area contributed by atoms with Gasteiger partial charge in [0.05, 0.1) is 22.4 Å². The summed E-state index contributed by atoms with van der Waals surface area (Å²) in [4.78, 5) is 25.2. The van der Waals surface area contributed by atoms with Gasteiger partial charge in [0.15, 0.2) is 17.5 Å². The average Bonchev–Trinajstić information content (AvgIpc) is 3.29. The molecule has 5 nitrogen and oxygen atoms in total. The monoisotopic (exact) mass is 715 g/mol. The number of rotatable bonds is 7. The lowest BCUT2D eigenvalue weighted by Gasteiger charge is -2.13. The molecule has 10 aromatic rings. The molecule has 0 saturated heterocycles. The summed E-state index contributed by atoms with van der Waals surface area (Å²) in [6, 6.07) is 68.8. The van der Waals surface area contributed by atoms with Crippen LogP contribution >= 0.6 is 0 Å². The van der Waals surface area contributed by atoms with Gasteiger partial charge in [-0.25, -0.2) is 24.9 Å². The molecule has 56 heavy (non-hydrogen) atoms. The van der Waals surface area contributed by atoms with Crippen molar-refractivity contribution in [2.24, 2.45) is 0 Å². The van der Waals surface area contributed by atoms with Gasteiger partial charge in [0.25, 0.3) is 0 Å². The lowest BCUT2D eigenvalue weighted by molar-refractivity contribution is 1.07. The lowest BCUT2D eigenvalue weighted by atomic mass is 9.96. The minimum absolute atomic E-state index is 0.630. The number of hydrogen-bond donors (Lipinski definition) is 0. The molecule has 0 saturated carbocycles. The molecule has 0 bridgehead atoms. The van der Waals surface area contributed by atoms with Crippen LogP contribution in [0.1, 0.15) is 0 Å². The Kier molecular flexibility index (Phi) is 8.43. The van der Waals surface area contributed by atoms with E-state index < -0.39 is 0 Å². The predicted molar refractivity (Wildman–Crippen MR) is 228 cm³/mol. The van der Waals surface area contributed by atoms with Gasteiger partial charge in [-0.2, -0.15) is 0 Å². The normalized spacial score (nSPS) is 11.2. The minimum Gasteiger partial charge on any atom is -0.245 e. The Hall–Kier alpha value is -7.63. The maximum atomic E-state index is 5.31. The van der Waals surface area contributed by atoms with Crippen LogP contribution in [0.25, 0.3) is 101 Å². The van der Waals surface area contributed by atoms with Crippen LogP contribution in [-0.2, 0) is 0 Å². The molecule has 0 radical (unpaired) electrons. The first kappa shape index (κ1) is 33.0. The summed E-state index contributed by atoms with van der Waals surface area (Å²) in [5, 5.41) is 2.13. The molecule has 10 rings (SSSR count). The third-order valence-corrected chi connectivity index (χ3v) is 10.1. The van der Waals surface area contributed by atoms with Gasteiger partial charge in [-0.15, -0.1) is 0 Å². The smallest absolute Gasteiger partial charge is 0.164 e. The Bertz CT molecular complexity index is 2930. The highest BCUT2D eigenvalue weighted by atomic mass is 15.0. The SMILES string of the molecule is c1ccc(-c2cc(-c3ccccc3)c3ccc4ccc(-c5cccc(-c6ccc(-c7nc(-c8ccccc8)nc(-c8ccccc8)n7)cc6)c5)nc4c3n2)cc1. The van der Waals surface area contributed by atoms with E-state index in [4.69, 9.17) is 24.9 Å². The Morgan fingerprint density at radius 1 is 0.250 bits per heavy atom. The largest absolute Gasteiger partial charge is 0.245 e. The van der Waals surface area contributed by atoms with E-state index in [2.05, 4.69) is 133 Å². The fourth-order valence-corrected chi connectivity index (χ4v) is 7.25. The summed E-state index contributed by atoms with van der Waals surface area (Å²) in [5.74, 6) is 1.92. The second-order valence-corrected chi connectivity index (χ2v) is 13.7. The number of hydrogen-bond acceptors (Lipinski definition) is 5. The van der Waals surface area contributed by atoms with Crippen molar-refractivity contribution < 1.29 is 0 Å². The van der Waals surface area contributed by atoms with Crippen molar-refractivity contribution in [2.45, 2.75) is 0 Å². The molecule has 0 unspecified atom stereocenters. The second kappa shape index (κ2) is 14.3. The molecule has 7 aromatic carbocycles. The third kappa shape index (κ3) is 6.37. The van der Waals surface area contributed by atoms with Crippen LogP contribution in [0.5, 0.6) is 0 Å². The molecule has 0 aliphatic heterocycles. The molecular formula is C51H33N5. The number of aromatic nitrogens is 5. The molecular weight excluding hydrogens is 683 g/mol. The Morgan fingerprint density at radius 3 is 1.32 bits per heavy atom. The summed E-state index contributed by atoms with van der Waals surface area (Å²) < 4.78 is 0. The zero-order valence-corrected chi connectivity index (χ0v) is 30.3. The first-order valence-corrected chi connectivity index (χ1v) is 18.7. The summed E-state index contributed by atoms with van der Waals surface area (Å²) >= 11 is 0. The molecule has 3 heterocycles. The van der Waals surface area contributed by atoms with Crippen LogP contribution in [0.15, 0.2) is 200 Å². The van der Waals surface area contributed by atoms with Gasteiger partial charge in [-0.1, -0.05) is 182 Å². The van der Waals surface area contributed by atoms with E-state index in [1.54, 1.807) is 0 Å². The fraction of sp³-hybridized carbons (Fsp3) is 0. The van der Waals surface area contributed by atoms with Gasteiger partial charge in [0, 0.05) is 38.6 Å². The number of pyridine rings is 2. The molecule has 0 amide bonds. The number of fused-ring (bicyclic) bond motifs is 3. The van der Waals surface area contributed by atoms with Crippen LogP contribution in [0.2, 0.25) is 0 Å². The highest BCUT2D eigenvalue weighted by molar-refractivity contribution is 6.09. The van der Waals surface area contributed by atoms with Crippen molar-refractivity contribution in [1.82, 2.24) is 24.9 Å². The molecule has 0 fully saturated rings. The maximum absolute atomic E-state index is 5.31. The molecule has 0 aliphatic carbocycles. The molecule has 3 aromatic heterocycles. The standard InChI is InChI=1S/C51H33N5/c1-5-14-35(15-6-1)44-33-46(36-16-7-2-8-17-36)53-48-43(44)30-28-37-29-31-45(52-47(37)48)42-23-13-22-41(32-42)34-24-26-40(27-25-34)51-55-49(38-18-9-3-10-19-38)54-50(56-51)39-20-11-4-12-21-39/h1-33H. The van der Waals surface area contributed by atoms with Gasteiger partial charge in [-0.05, 0) is 40.5 Å². The third-order valence-electron chi connectivity index (χ3n) is 10.1. The van der Waals surface area contributed by atoms with E-state index >= 15 is 0 Å². The zero-order chi connectivity index (χ0) is 37.3. The molecule has 5 heteroatoms. The molecule has 0 aliphatic rings. The van der Waals surface area contributed by atoms with Crippen molar-refractivity contribution in [3.8, 4) is 78.9 Å². The van der Waals surface area contributed by atoms with Gasteiger partial charge < -0.3 is 0 Å². The highest BCUT2D eigenvalue weighted by Crippen LogP contribution is 2.36. The first-order valence-electron chi connectivity index (χ1n) is 18.7. The van der Waals surface area contributed by atoms with E-state index in [9.17, 15) is 0 Å². The lowest BCUT2D eigenvalue weighted by Crippen LogP contribution is -2.00. The van der Waals surface area contributed by atoms with Crippen LogP contribution in [0, 0.1) is 0 Å². The van der Waals surface area contributed by atoms with Crippen LogP contribution in [0.3, 0.4) is 0 Å². The van der Waals surface area contributed by atoms with Crippen LogP contribution in [0.4, 0.5) is 0 Å². The maximum Gasteiger partial charge on any atom is 0.164 e. The van der Waals surface area contributed by atoms with Gasteiger partial charge in [0.1, 0.15) is 0 Å². The zero-order valence-electron chi connectivity index (χ0n) is 30.3. The van der Waals surface area contributed by atoms with Crippen LogP contribution < -0.4 is 0 Å². The van der Waals surface area contributed by atoms with Gasteiger partial charge in [-0.3, -0.25) is 0 Å². The molecule has 0 N–H and O–H groups in total. The van der Waals surface area contributed by atoms with E-state index in [1.165, 1.54) is 0 Å². The van der Waals surface area contributed by atoms with E-state index in [0.717, 1.165) is 83.3 Å². The molecule has 0 atom stereocenters. The highest BCUT2D eigenvalue weighted by Gasteiger charge is 2.15. The predicted octanol–water partition coefficient (Wildman–Crippen LogP) is 12.6. The van der Waals surface area contributed by atoms with Crippen molar-refractivity contribution in [3.05, 3.63) is 200 Å². The Morgan fingerprint density at radius 2 is 0.714 bits per heavy atom. The Balaban J connectivity index is 1.03. The second-order valence-electron chi connectivity index (χ2n) is 13.7. The van der Waals surface area contributed by atoms with E-state index in [-0.39, 0.29) is 0 Å². The summed E-state index contributed by atoms with van der Waals surface area (Å²) in [6.07, 6.45) is 0. The topological polar surface area (TPSA) is 64.5 Å². The van der Waals surface area contributed by atoms with Crippen molar-refractivity contribution in [2.75, 3.05) is 0 Å². The van der Waals surface area contributed by atoms with E-state index in [0.29, 0.717) is 17.5 Å². The van der Waals surface area contributed by atoms with E-state index in [1.807, 2.05) is 66.7 Å². The van der Waals surface area contributed by atoms with Crippen LogP contribution in [-0.4, -0.2) is 24.9 Å². The molecule has 0 spiro atoms. The quantitative estimate of drug-likeness (QED) is 0.154. The van der Waals surface area contributed by atoms with Crippen molar-refractivity contribution >= 4 is 21.8 Å². The number of benzene rings is 7. The fourth-order valence-electron chi connectivity index (χ4n) is 7.25. The molecule has 262 valence electrons. The minimum atomic E-state index is 0.630. The summed E-state index contributed by atoms with van der Waals surface area (Å²) in [6.45, 7) is 0. The Labute approximate surface area is 324 Å². The summed E-state index contributed by atoms with van der Waals surface area (Å²) in [5.41, 5.74) is 13.0. The van der Waals surface area contributed by atoms with Gasteiger partial charge in [0.2, 0.25) is 0 Å².